The Morgan fingerprint density at radius 1 is 0.500 bits per heavy atom. The predicted octanol–water partition coefficient (Wildman–Crippen LogP) is 4.15. The smallest absolute Gasteiger partial charge is 0.870 e. The summed E-state index contributed by atoms with van der Waals surface area (Å²) in [6.45, 7) is 0. The Bertz CT molecular complexity index is 354. The minimum atomic E-state index is -1.41. The Labute approximate surface area is 180 Å². The molecule has 0 saturated carbocycles. The molecule has 4 heterocycles. The van der Waals surface area contributed by atoms with Crippen molar-refractivity contribution in [2.75, 3.05) is 0 Å². The maximum atomic E-state index is 5.75. The molecule has 0 atom stereocenters. The van der Waals surface area contributed by atoms with E-state index in [1.165, 1.54) is 0 Å². The van der Waals surface area contributed by atoms with E-state index in [2.05, 4.69) is 0 Å². The summed E-state index contributed by atoms with van der Waals surface area (Å²) in [4.78, 5) is 0. The van der Waals surface area contributed by atoms with Gasteiger partial charge >= 0.3 is 51.4 Å². The van der Waals surface area contributed by atoms with Crippen LogP contribution in [0.4, 0.5) is 0 Å². The zero-order valence-electron chi connectivity index (χ0n) is 7.32. The van der Waals surface area contributed by atoms with Crippen LogP contribution in [0.5, 0.6) is 0 Å². The van der Waals surface area contributed by atoms with Crippen LogP contribution in [-0.4, -0.2) is 5.48 Å². The molecule has 4 aliphatic heterocycles. The van der Waals surface area contributed by atoms with Crippen molar-refractivity contribution in [3.05, 3.63) is 0 Å². The molecular weight excluding hydrogens is 500 g/mol. The van der Waals surface area contributed by atoms with Crippen LogP contribution in [0.3, 0.4) is 0 Å². The van der Waals surface area contributed by atoms with Crippen molar-refractivity contribution in [2.24, 2.45) is 0 Å². The van der Waals surface area contributed by atoms with Crippen LogP contribution >= 0.6 is 80.6 Å². The average molecular weight is 501 g/mol. The monoisotopic (exact) mass is 500 g/mol. The summed E-state index contributed by atoms with van der Waals surface area (Å²) in [6, 6.07) is 0. The summed E-state index contributed by atoms with van der Waals surface area (Å²) in [5, 5.41) is 0. The van der Waals surface area contributed by atoms with Gasteiger partial charge in [-0.05, 0) is 66.0 Å². The third-order valence-corrected chi connectivity index (χ3v) is 97.2. The van der Waals surface area contributed by atoms with Gasteiger partial charge in [0.15, 0.2) is 0 Å². The summed E-state index contributed by atoms with van der Waals surface area (Å²) in [5.74, 6) is 0. The molecule has 0 radical (unpaired) electrons. The van der Waals surface area contributed by atoms with Gasteiger partial charge in [-0.2, -0.15) is 0 Å². The van der Waals surface area contributed by atoms with Crippen molar-refractivity contribution in [1.82, 2.24) is 0 Å². The third kappa shape index (κ3) is 4.22. The molecule has 1 nitrogen and oxygen atoms in total. The normalized spacial score (nSPS) is 57.5. The first-order chi connectivity index (χ1) is 6.24. The van der Waals surface area contributed by atoms with Gasteiger partial charge in [-0.25, -0.2) is 0 Å². The number of hydrogen-bond donors (Lipinski definition) is 0. The Morgan fingerprint density at radius 3 is 0.750 bits per heavy atom. The summed E-state index contributed by atoms with van der Waals surface area (Å²) >= 11 is 34.5. The molecule has 4 fully saturated rings. The van der Waals surface area contributed by atoms with E-state index < -0.39 is 14.6 Å². The standard InChI is InChI=1S/K.H2O.P4S10/c;;5-1-9-2(6)12-3(7,10-1)14-4(8,11-1)13-2/h;1H2;/q+1;;/p-1. The topological polar surface area (TPSA) is 30.0 Å². The van der Waals surface area contributed by atoms with Gasteiger partial charge < -0.3 is 5.48 Å². The first kappa shape index (κ1) is 20.3. The van der Waals surface area contributed by atoms with E-state index in [4.69, 9.17) is 47.2 Å². The molecule has 1 N–H and O–H groups in total. The molecule has 16 heavy (non-hydrogen) atoms. The van der Waals surface area contributed by atoms with Crippen LogP contribution < -0.4 is 51.4 Å². The minimum Gasteiger partial charge on any atom is -0.870 e. The Balaban J connectivity index is 0.000000640. The van der Waals surface area contributed by atoms with E-state index in [0.29, 0.717) is 0 Å². The van der Waals surface area contributed by atoms with Gasteiger partial charge in [-0.3, -0.25) is 0 Å². The van der Waals surface area contributed by atoms with Crippen LogP contribution in [0.25, 0.3) is 0 Å². The Morgan fingerprint density at radius 2 is 0.625 bits per heavy atom. The Hall–Kier alpha value is 6.30. The molecule has 4 bridgehead atoms. The SMILES string of the molecule is S=P12SP3(=S)SP(=S)(S1)SP(=S)(S2)S3.[K+].[OH-]. The summed E-state index contributed by atoms with van der Waals surface area (Å²) in [5.41, 5.74) is 0. The van der Waals surface area contributed by atoms with Crippen LogP contribution in [0, 0.1) is 0 Å². The second-order valence-electron chi connectivity index (χ2n) is 2.28. The molecule has 4 aliphatic rings. The second-order valence-corrected chi connectivity index (χ2v) is 61.5. The van der Waals surface area contributed by atoms with Gasteiger partial charge in [0.1, 0.15) is 14.6 Å². The van der Waals surface area contributed by atoms with Crippen molar-refractivity contribution < 1.29 is 56.9 Å². The van der Waals surface area contributed by atoms with E-state index in [0.717, 1.165) is 0 Å². The molecule has 0 aromatic rings. The van der Waals surface area contributed by atoms with E-state index in [9.17, 15) is 0 Å². The fourth-order valence-electron chi connectivity index (χ4n) is 0.914. The summed E-state index contributed by atoms with van der Waals surface area (Å²) in [6.07, 6.45) is 0. The zero-order chi connectivity index (χ0) is 10.2. The van der Waals surface area contributed by atoms with Gasteiger partial charge in [0.25, 0.3) is 0 Å². The third-order valence-electron chi connectivity index (χ3n) is 1.20. The zero-order valence-corrected chi connectivity index (χ0v) is 22.2. The van der Waals surface area contributed by atoms with Crippen LogP contribution in [0.15, 0.2) is 0 Å². The molecule has 0 unspecified atom stereocenters. The van der Waals surface area contributed by atoms with Crippen LogP contribution in [0.1, 0.15) is 0 Å². The number of hydrogen-bond acceptors (Lipinski definition) is 11. The van der Waals surface area contributed by atoms with Crippen molar-refractivity contribution >= 4 is 128 Å². The molecule has 0 spiro atoms. The molecule has 0 aliphatic carbocycles. The van der Waals surface area contributed by atoms with Crippen LogP contribution in [-0.2, 0) is 47.2 Å². The molecule has 16 heteroatoms. The maximum Gasteiger partial charge on any atom is 1.00 e. The quantitative estimate of drug-likeness (QED) is 0.355. The largest absolute Gasteiger partial charge is 1.00 e. The van der Waals surface area contributed by atoms with Crippen LogP contribution in [0.2, 0.25) is 0 Å². The van der Waals surface area contributed by atoms with Gasteiger partial charge in [0.05, 0.1) is 0 Å². The van der Waals surface area contributed by atoms with Crippen molar-refractivity contribution in [3.63, 3.8) is 0 Å². The van der Waals surface area contributed by atoms with Crippen molar-refractivity contribution in [1.29, 1.82) is 0 Å². The molecule has 88 valence electrons. The minimum absolute atomic E-state index is 0. The fourth-order valence-corrected chi connectivity index (χ4v) is 222. The van der Waals surface area contributed by atoms with Crippen molar-refractivity contribution in [3.8, 4) is 0 Å². The van der Waals surface area contributed by atoms with E-state index >= 15 is 0 Å². The van der Waals surface area contributed by atoms with E-state index in [1.54, 1.807) is 0 Å². The average Bonchev–Trinajstić information content (AvgIpc) is 1.67. The second kappa shape index (κ2) is 6.66. The first-order valence-electron chi connectivity index (χ1n) is 2.92. The van der Waals surface area contributed by atoms with Gasteiger partial charge in [-0.1, -0.05) is 47.2 Å². The Kier molecular flexibility index (Phi) is 8.47. The van der Waals surface area contributed by atoms with E-state index in [1.807, 2.05) is 66.0 Å². The van der Waals surface area contributed by atoms with Gasteiger partial charge in [-0.15, -0.1) is 0 Å². The van der Waals surface area contributed by atoms with E-state index in [-0.39, 0.29) is 56.9 Å². The molecular formula is HKOP4S10. The first-order valence-corrected chi connectivity index (χ1v) is 26.3. The predicted molar refractivity (Wildman–Crippen MR) is 105 cm³/mol. The molecule has 4 rings (SSSR count). The maximum absolute atomic E-state index is 5.75. The number of rotatable bonds is 0. The van der Waals surface area contributed by atoms with Gasteiger partial charge in [0.2, 0.25) is 0 Å². The summed E-state index contributed by atoms with van der Waals surface area (Å²) in [7, 11) is 0. The molecule has 0 aromatic carbocycles. The fraction of sp³-hybridized carbons (Fsp3) is 0. The van der Waals surface area contributed by atoms with Gasteiger partial charge in [0, 0.05) is 0 Å². The molecule has 0 aromatic heterocycles. The van der Waals surface area contributed by atoms with Crippen molar-refractivity contribution in [2.45, 2.75) is 0 Å². The molecule has 0 amide bonds. The molecule has 4 saturated heterocycles. The summed E-state index contributed by atoms with van der Waals surface area (Å²) < 4.78 is -5.64.